The molecule has 4 heteroatoms. The van der Waals surface area contributed by atoms with Gasteiger partial charge in [0, 0.05) is 34.1 Å². The summed E-state index contributed by atoms with van der Waals surface area (Å²) in [4.78, 5) is 4.60. The van der Waals surface area contributed by atoms with Gasteiger partial charge in [0.1, 0.15) is 11.5 Å². The fourth-order valence-corrected chi connectivity index (χ4v) is 7.30. The largest absolute Gasteiger partial charge is 0.491 e. The van der Waals surface area contributed by atoms with Gasteiger partial charge >= 0.3 is 0 Å². The van der Waals surface area contributed by atoms with Crippen LogP contribution in [-0.4, -0.2) is 12.2 Å². The Balaban J connectivity index is 1.17. The maximum absolute atomic E-state index is 6.29. The van der Waals surface area contributed by atoms with Crippen molar-refractivity contribution in [2.75, 3.05) is 9.80 Å². The van der Waals surface area contributed by atoms with Crippen LogP contribution in [0.1, 0.15) is 91.9 Å². The molecule has 0 radical (unpaired) electrons. The third-order valence-corrected chi connectivity index (χ3v) is 10.4. The zero-order chi connectivity index (χ0) is 39.0. The van der Waals surface area contributed by atoms with Gasteiger partial charge in [-0.25, -0.2) is 0 Å². The molecule has 0 aliphatic heterocycles. The highest BCUT2D eigenvalue weighted by Crippen LogP contribution is 2.39. The second-order valence-electron chi connectivity index (χ2n) is 15.0. The molecule has 4 nitrogen and oxygen atoms in total. The molecule has 0 N–H and O–H groups in total. The van der Waals surface area contributed by atoms with Gasteiger partial charge in [0.15, 0.2) is 0 Å². The molecule has 0 aliphatic carbocycles. The molecule has 2 unspecified atom stereocenters. The Labute approximate surface area is 336 Å². The Morgan fingerprint density at radius 3 is 0.982 bits per heavy atom. The number of para-hydroxylation sites is 2. The molecular weight excluding hydrogens is 685 g/mol. The first-order chi connectivity index (χ1) is 27.5. The standard InChI is InChI=1S/C52H60N2O2/c1-5-7-9-13-19-41(3)55-51-37-33-49(34-38-51)53(45-21-15-11-16-22-45)47-29-25-43(26-30-47)44-27-31-48(32-28-44)54(46-23-17-12-18-24-46)50-35-39-52(40-36-50)56-42(4)20-14-10-8-6-2/h11-12,15-18,21-42H,5-10,13-14,19-20H2,1-4H3. The van der Waals surface area contributed by atoms with Gasteiger partial charge in [-0.1, -0.05) is 113 Å². The summed E-state index contributed by atoms with van der Waals surface area (Å²) in [5.74, 6) is 1.83. The van der Waals surface area contributed by atoms with Crippen LogP contribution in [0.3, 0.4) is 0 Å². The second kappa shape index (κ2) is 21.0. The van der Waals surface area contributed by atoms with Gasteiger partial charge in [-0.3, -0.25) is 0 Å². The Morgan fingerprint density at radius 1 is 0.357 bits per heavy atom. The molecule has 0 amide bonds. The first-order valence-corrected chi connectivity index (χ1v) is 21.0. The molecule has 0 spiro atoms. The Hall–Kier alpha value is -5.48. The predicted molar refractivity (Wildman–Crippen MR) is 239 cm³/mol. The van der Waals surface area contributed by atoms with Crippen molar-refractivity contribution in [3.8, 4) is 22.6 Å². The van der Waals surface area contributed by atoms with Crippen LogP contribution in [0.25, 0.3) is 11.1 Å². The Kier molecular flexibility index (Phi) is 15.1. The van der Waals surface area contributed by atoms with Crippen molar-refractivity contribution in [1.82, 2.24) is 0 Å². The average molecular weight is 745 g/mol. The molecule has 290 valence electrons. The number of anilines is 6. The summed E-state index contributed by atoms with van der Waals surface area (Å²) < 4.78 is 12.6. The van der Waals surface area contributed by atoms with E-state index < -0.39 is 0 Å². The maximum Gasteiger partial charge on any atom is 0.119 e. The zero-order valence-corrected chi connectivity index (χ0v) is 33.9. The van der Waals surface area contributed by atoms with Gasteiger partial charge in [-0.15, -0.1) is 0 Å². The SMILES string of the molecule is CCCCCCC(C)Oc1ccc(N(c2ccccc2)c2ccc(-c3ccc(N(c4ccccc4)c4ccc(OC(C)CCCCCC)cc4)cc3)cc2)cc1. The van der Waals surface area contributed by atoms with Crippen LogP contribution >= 0.6 is 0 Å². The Morgan fingerprint density at radius 2 is 0.661 bits per heavy atom. The van der Waals surface area contributed by atoms with Crippen molar-refractivity contribution in [2.45, 2.75) is 104 Å². The molecule has 56 heavy (non-hydrogen) atoms. The number of rotatable bonds is 21. The summed E-state index contributed by atoms with van der Waals surface area (Å²) in [5.41, 5.74) is 8.94. The average Bonchev–Trinajstić information content (AvgIpc) is 3.24. The van der Waals surface area contributed by atoms with Crippen molar-refractivity contribution < 1.29 is 9.47 Å². The van der Waals surface area contributed by atoms with Gasteiger partial charge in [0.25, 0.3) is 0 Å². The molecule has 0 fully saturated rings. The van der Waals surface area contributed by atoms with Gasteiger partial charge in [-0.05, 0) is 148 Å². The lowest BCUT2D eigenvalue weighted by atomic mass is 10.0. The van der Waals surface area contributed by atoms with Crippen LogP contribution < -0.4 is 19.3 Å². The molecule has 0 saturated carbocycles. The molecule has 2 atom stereocenters. The van der Waals surface area contributed by atoms with Crippen molar-refractivity contribution >= 4 is 34.1 Å². The molecule has 6 aromatic rings. The van der Waals surface area contributed by atoms with E-state index in [1.54, 1.807) is 0 Å². The number of nitrogens with zero attached hydrogens (tertiary/aromatic N) is 2. The summed E-state index contributed by atoms with van der Waals surface area (Å²) in [7, 11) is 0. The number of unbranched alkanes of at least 4 members (excludes halogenated alkanes) is 6. The van der Waals surface area contributed by atoms with E-state index in [0.29, 0.717) is 0 Å². The Bertz CT molecular complexity index is 1830. The monoisotopic (exact) mass is 744 g/mol. The van der Waals surface area contributed by atoms with E-state index in [1.807, 2.05) is 0 Å². The van der Waals surface area contributed by atoms with E-state index in [0.717, 1.165) is 58.5 Å². The minimum atomic E-state index is 0.205. The van der Waals surface area contributed by atoms with Crippen LogP contribution in [0.4, 0.5) is 34.1 Å². The smallest absolute Gasteiger partial charge is 0.119 e. The first-order valence-electron chi connectivity index (χ1n) is 21.0. The molecule has 0 aromatic heterocycles. The summed E-state index contributed by atoms with van der Waals surface area (Å²) in [6.45, 7) is 8.86. The van der Waals surface area contributed by atoms with Gasteiger partial charge in [0.2, 0.25) is 0 Å². The summed E-state index contributed by atoms with van der Waals surface area (Å²) in [5, 5.41) is 0. The lowest BCUT2D eigenvalue weighted by Gasteiger charge is -2.26. The molecule has 0 bridgehead atoms. The van der Waals surface area contributed by atoms with E-state index in [-0.39, 0.29) is 12.2 Å². The second-order valence-corrected chi connectivity index (χ2v) is 15.0. The lowest BCUT2D eigenvalue weighted by molar-refractivity contribution is 0.206. The minimum Gasteiger partial charge on any atom is -0.491 e. The third kappa shape index (κ3) is 11.3. The number of ether oxygens (including phenoxy) is 2. The van der Waals surface area contributed by atoms with E-state index in [4.69, 9.17) is 9.47 Å². The molecule has 6 aromatic carbocycles. The predicted octanol–water partition coefficient (Wildman–Crippen LogP) is 15.8. The van der Waals surface area contributed by atoms with Crippen molar-refractivity contribution in [3.63, 3.8) is 0 Å². The van der Waals surface area contributed by atoms with Crippen LogP contribution in [0.2, 0.25) is 0 Å². The van der Waals surface area contributed by atoms with E-state index >= 15 is 0 Å². The van der Waals surface area contributed by atoms with Gasteiger partial charge in [0.05, 0.1) is 12.2 Å². The van der Waals surface area contributed by atoms with Crippen molar-refractivity contribution in [3.05, 3.63) is 158 Å². The normalized spacial score (nSPS) is 12.1. The maximum atomic E-state index is 6.29. The van der Waals surface area contributed by atoms with Crippen molar-refractivity contribution in [2.24, 2.45) is 0 Å². The summed E-state index contributed by atoms with van der Waals surface area (Å²) >= 11 is 0. The zero-order valence-electron chi connectivity index (χ0n) is 33.9. The summed E-state index contributed by atoms with van der Waals surface area (Å²) in [6.07, 6.45) is 12.6. The highest BCUT2D eigenvalue weighted by Gasteiger charge is 2.16. The highest BCUT2D eigenvalue weighted by molar-refractivity contribution is 5.80. The third-order valence-electron chi connectivity index (χ3n) is 10.4. The van der Waals surface area contributed by atoms with Crippen molar-refractivity contribution in [1.29, 1.82) is 0 Å². The first kappa shape index (κ1) is 40.2. The fourth-order valence-electron chi connectivity index (χ4n) is 7.30. The highest BCUT2D eigenvalue weighted by atomic mass is 16.5. The molecule has 0 saturated heterocycles. The van der Waals surface area contributed by atoms with Crippen LogP contribution in [0.15, 0.2) is 158 Å². The molecule has 6 rings (SSSR count). The van der Waals surface area contributed by atoms with Crippen LogP contribution in [0, 0.1) is 0 Å². The summed E-state index contributed by atoms with van der Waals surface area (Å²) in [6, 6.07) is 55.9. The van der Waals surface area contributed by atoms with E-state index in [1.165, 1.54) is 62.5 Å². The van der Waals surface area contributed by atoms with E-state index in [2.05, 4.69) is 195 Å². The minimum absolute atomic E-state index is 0.205. The van der Waals surface area contributed by atoms with Gasteiger partial charge < -0.3 is 19.3 Å². The van der Waals surface area contributed by atoms with Crippen LogP contribution in [-0.2, 0) is 0 Å². The molecule has 0 aliphatic rings. The van der Waals surface area contributed by atoms with Gasteiger partial charge in [-0.2, -0.15) is 0 Å². The number of benzene rings is 6. The quantitative estimate of drug-likeness (QED) is 0.0685. The van der Waals surface area contributed by atoms with Crippen LogP contribution in [0.5, 0.6) is 11.5 Å². The fraction of sp³-hybridized carbons (Fsp3) is 0.308. The molecule has 0 heterocycles. The lowest BCUT2D eigenvalue weighted by Crippen LogP contribution is -2.12. The molecular formula is C52H60N2O2. The topological polar surface area (TPSA) is 24.9 Å². The number of hydrogen-bond acceptors (Lipinski definition) is 4. The van der Waals surface area contributed by atoms with E-state index in [9.17, 15) is 0 Å². The number of hydrogen-bond donors (Lipinski definition) is 0.